The molecule has 0 saturated carbocycles. The Labute approximate surface area is 99.5 Å². The van der Waals surface area contributed by atoms with Gasteiger partial charge in [-0.3, -0.25) is 4.98 Å². The van der Waals surface area contributed by atoms with Gasteiger partial charge in [0.2, 0.25) is 0 Å². The fraction of sp³-hybridized carbons (Fsp3) is 0.154. The highest BCUT2D eigenvalue weighted by Crippen LogP contribution is 2.29. The minimum atomic E-state index is 0.490. The van der Waals surface area contributed by atoms with Crippen molar-refractivity contribution in [3.8, 4) is 23.1 Å². The van der Waals surface area contributed by atoms with Crippen molar-refractivity contribution >= 4 is 0 Å². The summed E-state index contributed by atoms with van der Waals surface area (Å²) in [6, 6.07) is 7.59. The number of rotatable bonds is 2. The third-order valence-corrected chi connectivity index (χ3v) is 2.41. The predicted octanol–water partition coefficient (Wildman–Crippen LogP) is 2.33. The van der Waals surface area contributed by atoms with Gasteiger partial charge in [-0.2, -0.15) is 5.26 Å². The van der Waals surface area contributed by atoms with Crippen LogP contribution >= 0.6 is 0 Å². The Balaban J connectivity index is 2.68. The Morgan fingerprint density at radius 2 is 2.12 bits per heavy atom. The molecule has 0 aliphatic rings. The highest BCUT2D eigenvalue weighted by Gasteiger charge is 2.11. The van der Waals surface area contributed by atoms with E-state index in [9.17, 15) is 0 Å². The van der Waals surface area contributed by atoms with Crippen LogP contribution in [0.4, 0.5) is 0 Å². The zero-order valence-corrected chi connectivity index (χ0v) is 9.64. The van der Waals surface area contributed by atoms with E-state index in [0.29, 0.717) is 17.0 Å². The van der Waals surface area contributed by atoms with Gasteiger partial charge in [0.25, 0.3) is 0 Å². The normalized spacial score (nSPS) is 9.71. The standard InChI is InChI=1S/C13H11N3O/c1-9-3-4-12(17-2)13(16-9)11-5-6-15-8-10(11)7-14/h3-6,8H,1-2H3. The summed E-state index contributed by atoms with van der Waals surface area (Å²) >= 11 is 0. The van der Waals surface area contributed by atoms with Gasteiger partial charge in [0, 0.05) is 23.7 Å². The zero-order valence-electron chi connectivity index (χ0n) is 9.64. The van der Waals surface area contributed by atoms with Gasteiger partial charge in [-0.15, -0.1) is 0 Å². The van der Waals surface area contributed by atoms with Crippen LogP contribution in [-0.4, -0.2) is 17.1 Å². The number of ether oxygens (including phenoxy) is 1. The van der Waals surface area contributed by atoms with Crippen LogP contribution in [0.3, 0.4) is 0 Å². The number of pyridine rings is 2. The fourth-order valence-electron chi connectivity index (χ4n) is 1.59. The van der Waals surface area contributed by atoms with E-state index in [0.717, 1.165) is 11.3 Å². The van der Waals surface area contributed by atoms with Crippen LogP contribution in [0.15, 0.2) is 30.6 Å². The van der Waals surface area contributed by atoms with Gasteiger partial charge < -0.3 is 4.74 Å². The number of aromatic nitrogens is 2. The molecule has 0 saturated heterocycles. The van der Waals surface area contributed by atoms with E-state index < -0.39 is 0 Å². The van der Waals surface area contributed by atoms with Gasteiger partial charge in [0.05, 0.1) is 12.7 Å². The second-order valence-corrected chi connectivity index (χ2v) is 3.54. The predicted molar refractivity (Wildman–Crippen MR) is 63.5 cm³/mol. The third-order valence-electron chi connectivity index (χ3n) is 2.41. The molecule has 0 amide bonds. The molecule has 2 heterocycles. The second kappa shape index (κ2) is 4.62. The Hall–Kier alpha value is -2.41. The lowest BCUT2D eigenvalue weighted by atomic mass is 10.1. The van der Waals surface area contributed by atoms with Crippen molar-refractivity contribution in [2.24, 2.45) is 0 Å². The van der Waals surface area contributed by atoms with Gasteiger partial charge in [-0.25, -0.2) is 4.98 Å². The highest BCUT2D eigenvalue weighted by molar-refractivity contribution is 5.71. The average Bonchev–Trinajstić information content (AvgIpc) is 2.38. The molecule has 2 aromatic heterocycles. The Morgan fingerprint density at radius 1 is 1.29 bits per heavy atom. The average molecular weight is 225 g/mol. The summed E-state index contributed by atoms with van der Waals surface area (Å²) in [7, 11) is 1.59. The van der Waals surface area contributed by atoms with Crippen molar-refractivity contribution in [1.82, 2.24) is 9.97 Å². The van der Waals surface area contributed by atoms with Gasteiger partial charge >= 0.3 is 0 Å². The lowest BCUT2D eigenvalue weighted by Crippen LogP contribution is -1.95. The molecule has 0 atom stereocenters. The lowest BCUT2D eigenvalue weighted by Gasteiger charge is -2.09. The number of hydrogen-bond acceptors (Lipinski definition) is 4. The van der Waals surface area contributed by atoms with E-state index in [1.54, 1.807) is 19.4 Å². The molecule has 0 bridgehead atoms. The first-order valence-corrected chi connectivity index (χ1v) is 5.12. The molecule has 2 aromatic rings. The Kier molecular flexibility index (Phi) is 3.01. The molecule has 0 N–H and O–H groups in total. The molecule has 0 spiro atoms. The number of nitriles is 1. The van der Waals surface area contributed by atoms with E-state index in [4.69, 9.17) is 10.00 Å². The molecule has 17 heavy (non-hydrogen) atoms. The summed E-state index contributed by atoms with van der Waals surface area (Å²) in [5, 5.41) is 9.05. The van der Waals surface area contributed by atoms with E-state index in [1.165, 1.54) is 6.20 Å². The second-order valence-electron chi connectivity index (χ2n) is 3.54. The molecule has 2 rings (SSSR count). The Morgan fingerprint density at radius 3 is 2.82 bits per heavy atom. The smallest absolute Gasteiger partial charge is 0.145 e. The van der Waals surface area contributed by atoms with E-state index in [-0.39, 0.29) is 0 Å². The van der Waals surface area contributed by atoms with Gasteiger partial charge in [-0.1, -0.05) is 0 Å². The van der Waals surface area contributed by atoms with Gasteiger partial charge in [-0.05, 0) is 25.1 Å². The minimum Gasteiger partial charge on any atom is -0.494 e. The topological polar surface area (TPSA) is 58.8 Å². The summed E-state index contributed by atoms with van der Waals surface area (Å²) in [5.74, 6) is 0.651. The minimum absolute atomic E-state index is 0.490. The number of nitrogens with zero attached hydrogens (tertiary/aromatic N) is 3. The quantitative estimate of drug-likeness (QED) is 0.787. The van der Waals surface area contributed by atoms with Crippen LogP contribution in [0.25, 0.3) is 11.3 Å². The van der Waals surface area contributed by atoms with Crippen molar-refractivity contribution in [3.63, 3.8) is 0 Å². The monoisotopic (exact) mass is 225 g/mol. The molecule has 0 fully saturated rings. The first-order valence-electron chi connectivity index (χ1n) is 5.12. The number of aryl methyl sites for hydroxylation is 1. The van der Waals surface area contributed by atoms with Crippen molar-refractivity contribution in [2.45, 2.75) is 6.92 Å². The first kappa shape index (κ1) is 11.1. The summed E-state index contributed by atoms with van der Waals surface area (Å²) in [5.41, 5.74) is 2.78. The molecule has 0 aliphatic heterocycles. The van der Waals surface area contributed by atoms with Crippen molar-refractivity contribution in [2.75, 3.05) is 7.11 Å². The summed E-state index contributed by atoms with van der Waals surface area (Å²) in [6.07, 6.45) is 3.17. The lowest BCUT2D eigenvalue weighted by molar-refractivity contribution is 0.414. The van der Waals surface area contributed by atoms with Crippen LogP contribution in [-0.2, 0) is 0 Å². The largest absolute Gasteiger partial charge is 0.494 e. The molecule has 0 aromatic carbocycles. The van der Waals surface area contributed by atoms with Crippen LogP contribution in [0.5, 0.6) is 5.75 Å². The molecule has 4 nitrogen and oxygen atoms in total. The fourth-order valence-corrected chi connectivity index (χ4v) is 1.59. The maximum atomic E-state index is 9.05. The molecule has 0 aliphatic carbocycles. The third kappa shape index (κ3) is 2.08. The van der Waals surface area contributed by atoms with Crippen molar-refractivity contribution < 1.29 is 4.74 Å². The molecular weight excluding hydrogens is 214 g/mol. The molecular formula is C13H11N3O. The zero-order chi connectivity index (χ0) is 12.3. The van der Waals surface area contributed by atoms with E-state index in [1.807, 2.05) is 19.1 Å². The van der Waals surface area contributed by atoms with Crippen LogP contribution in [0, 0.1) is 18.3 Å². The van der Waals surface area contributed by atoms with Crippen LogP contribution < -0.4 is 4.74 Å². The van der Waals surface area contributed by atoms with Crippen LogP contribution in [0.1, 0.15) is 11.3 Å². The molecule has 4 heteroatoms. The first-order chi connectivity index (χ1) is 8.26. The number of methoxy groups -OCH3 is 1. The van der Waals surface area contributed by atoms with Gasteiger partial charge in [0.1, 0.15) is 17.5 Å². The summed E-state index contributed by atoms with van der Waals surface area (Å²) in [6.45, 7) is 1.90. The SMILES string of the molecule is COc1ccc(C)nc1-c1ccncc1C#N. The molecule has 0 radical (unpaired) electrons. The van der Waals surface area contributed by atoms with Crippen molar-refractivity contribution in [3.05, 3.63) is 41.9 Å². The maximum Gasteiger partial charge on any atom is 0.145 e. The maximum absolute atomic E-state index is 9.05. The van der Waals surface area contributed by atoms with Crippen LogP contribution in [0.2, 0.25) is 0 Å². The molecule has 84 valence electrons. The van der Waals surface area contributed by atoms with E-state index >= 15 is 0 Å². The highest BCUT2D eigenvalue weighted by atomic mass is 16.5. The summed E-state index contributed by atoms with van der Waals surface area (Å²) < 4.78 is 5.26. The summed E-state index contributed by atoms with van der Waals surface area (Å²) in [4.78, 5) is 8.35. The molecule has 0 unspecified atom stereocenters. The van der Waals surface area contributed by atoms with Gasteiger partial charge in [0.15, 0.2) is 0 Å². The van der Waals surface area contributed by atoms with Crippen molar-refractivity contribution in [1.29, 1.82) is 5.26 Å². The number of hydrogen-bond donors (Lipinski definition) is 0. The Bertz CT molecular complexity index is 587. The van der Waals surface area contributed by atoms with E-state index in [2.05, 4.69) is 16.0 Å².